The lowest BCUT2D eigenvalue weighted by Gasteiger charge is -2.18. The molecular formula is C26H21F3N2O2S. The lowest BCUT2D eigenvalue weighted by Crippen LogP contribution is -2.28. The van der Waals surface area contributed by atoms with Crippen molar-refractivity contribution < 1.29 is 22.7 Å². The minimum atomic E-state index is -4.45. The molecule has 0 saturated heterocycles. The van der Waals surface area contributed by atoms with Crippen LogP contribution in [0.25, 0.3) is 16.3 Å². The van der Waals surface area contributed by atoms with Gasteiger partial charge in [-0.05, 0) is 54.5 Å². The van der Waals surface area contributed by atoms with Gasteiger partial charge in [-0.3, -0.25) is 9.69 Å². The number of halogens is 3. The first-order valence-corrected chi connectivity index (χ1v) is 11.4. The predicted molar refractivity (Wildman–Crippen MR) is 129 cm³/mol. The normalized spacial score (nSPS) is 11.8. The van der Waals surface area contributed by atoms with E-state index in [4.69, 9.17) is 4.74 Å². The Morgan fingerprint density at radius 2 is 1.85 bits per heavy atom. The van der Waals surface area contributed by atoms with Crippen molar-refractivity contribution in [3.63, 3.8) is 0 Å². The highest BCUT2D eigenvalue weighted by Crippen LogP contribution is 2.33. The molecule has 0 atom stereocenters. The molecule has 0 aliphatic carbocycles. The van der Waals surface area contributed by atoms with Gasteiger partial charge in [-0.1, -0.05) is 53.8 Å². The molecule has 4 aromatic rings. The largest absolute Gasteiger partial charge is 0.494 e. The van der Waals surface area contributed by atoms with Crippen LogP contribution in [0.15, 0.2) is 78.9 Å². The molecule has 0 radical (unpaired) electrons. The van der Waals surface area contributed by atoms with E-state index in [0.29, 0.717) is 11.7 Å². The highest BCUT2D eigenvalue weighted by Gasteiger charge is 2.30. The molecule has 0 aliphatic heterocycles. The summed E-state index contributed by atoms with van der Waals surface area (Å²) in [5.41, 5.74) is 1.15. The number of benzene rings is 3. The van der Waals surface area contributed by atoms with E-state index in [1.165, 1.54) is 40.5 Å². The topological polar surface area (TPSA) is 42.4 Å². The van der Waals surface area contributed by atoms with E-state index in [9.17, 15) is 18.0 Å². The third-order valence-corrected chi connectivity index (χ3v) is 6.01. The average Bonchev–Trinajstić information content (AvgIpc) is 3.24. The van der Waals surface area contributed by atoms with Crippen LogP contribution >= 0.6 is 11.3 Å². The molecule has 0 fully saturated rings. The summed E-state index contributed by atoms with van der Waals surface area (Å²) >= 11 is 1.35. The summed E-state index contributed by atoms with van der Waals surface area (Å²) in [7, 11) is 0. The fourth-order valence-corrected chi connectivity index (χ4v) is 4.35. The summed E-state index contributed by atoms with van der Waals surface area (Å²) in [6.45, 7) is 2.71. The summed E-state index contributed by atoms with van der Waals surface area (Å²) in [5.74, 6) is 0.334. The Balaban J connectivity index is 1.65. The number of carbonyl (C=O) groups is 1. The Labute approximate surface area is 198 Å². The van der Waals surface area contributed by atoms with Crippen LogP contribution in [0.2, 0.25) is 0 Å². The van der Waals surface area contributed by atoms with Gasteiger partial charge in [0.2, 0.25) is 0 Å². The first-order valence-electron chi connectivity index (χ1n) is 10.6. The zero-order valence-corrected chi connectivity index (χ0v) is 19.1. The first kappa shape index (κ1) is 23.5. The molecule has 34 heavy (non-hydrogen) atoms. The molecule has 0 aliphatic rings. The third kappa shape index (κ3) is 5.63. The van der Waals surface area contributed by atoms with Gasteiger partial charge in [0.05, 0.1) is 28.9 Å². The molecule has 1 aromatic heterocycles. The molecule has 0 spiro atoms. The van der Waals surface area contributed by atoms with Gasteiger partial charge in [0.25, 0.3) is 5.91 Å². The second-order valence-electron chi connectivity index (χ2n) is 7.43. The van der Waals surface area contributed by atoms with Crippen molar-refractivity contribution in [1.82, 2.24) is 4.98 Å². The number of alkyl halides is 3. The van der Waals surface area contributed by atoms with E-state index in [0.717, 1.165) is 33.7 Å². The molecule has 1 amide bonds. The number of amides is 1. The van der Waals surface area contributed by atoms with Crippen LogP contribution in [-0.2, 0) is 17.5 Å². The van der Waals surface area contributed by atoms with Crippen molar-refractivity contribution in [2.24, 2.45) is 0 Å². The molecule has 3 aromatic carbocycles. The Hall–Kier alpha value is -3.65. The van der Waals surface area contributed by atoms with Crippen molar-refractivity contribution in [2.75, 3.05) is 11.5 Å². The van der Waals surface area contributed by atoms with E-state index in [1.807, 2.05) is 55.5 Å². The van der Waals surface area contributed by atoms with Gasteiger partial charge in [-0.2, -0.15) is 13.2 Å². The Morgan fingerprint density at radius 1 is 1.06 bits per heavy atom. The zero-order chi connectivity index (χ0) is 24.1. The number of nitrogens with zero attached hydrogens (tertiary/aromatic N) is 2. The number of hydrogen-bond donors (Lipinski definition) is 0. The Morgan fingerprint density at radius 3 is 2.59 bits per heavy atom. The van der Waals surface area contributed by atoms with Crippen LogP contribution in [0.4, 0.5) is 18.3 Å². The standard InChI is InChI=1S/C26H21F3N2O2S/c1-2-33-21-12-13-22-23(16-21)34-25(30-22)31(17-19-7-4-3-5-8-19)24(32)14-11-18-9-6-10-20(15-18)26(27,28)29/h3-16H,2,17H2,1H3/b14-11+. The van der Waals surface area contributed by atoms with Gasteiger partial charge in [0.15, 0.2) is 5.13 Å². The van der Waals surface area contributed by atoms with Gasteiger partial charge in [-0.25, -0.2) is 4.98 Å². The Kier molecular flexibility index (Phi) is 6.98. The maximum absolute atomic E-state index is 13.2. The van der Waals surface area contributed by atoms with Crippen LogP contribution in [0.5, 0.6) is 5.75 Å². The zero-order valence-electron chi connectivity index (χ0n) is 18.3. The number of carbonyl (C=O) groups excluding carboxylic acids is 1. The first-order chi connectivity index (χ1) is 16.3. The van der Waals surface area contributed by atoms with Crippen molar-refractivity contribution in [1.29, 1.82) is 0 Å². The van der Waals surface area contributed by atoms with E-state index >= 15 is 0 Å². The van der Waals surface area contributed by atoms with E-state index in [2.05, 4.69) is 4.98 Å². The highest BCUT2D eigenvalue weighted by atomic mass is 32.1. The van der Waals surface area contributed by atoms with Gasteiger partial charge in [-0.15, -0.1) is 0 Å². The minimum Gasteiger partial charge on any atom is -0.494 e. The molecule has 0 bridgehead atoms. The van der Waals surface area contributed by atoms with Crippen molar-refractivity contribution in [2.45, 2.75) is 19.6 Å². The van der Waals surface area contributed by atoms with E-state index in [-0.39, 0.29) is 18.0 Å². The minimum absolute atomic E-state index is 0.269. The summed E-state index contributed by atoms with van der Waals surface area (Å²) in [4.78, 5) is 19.3. The van der Waals surface area contributed by atoms with Crippen LogP contribution < -0.4 is 9.64 Å². The number of hydrogen-bond acceptors (Lipinski definition) is 4. The lowest BCUT2D eigenvalue weighted by molar-refractivity contribution is -0.137. The Bertz CT molecular complexity index is 1320. The summed E-state index contributed by atoms with van der Waals surface area (Å²) in [6, 6.07) is 19.8. The molecule has 4 rings (SSSR count). The monoisotopic (exact) mass is 482 g/mol. The van der Waals surface area contributed by atoms with Crippen molar-refractivity contribution >= 4 is 38.7 Å². The number of fused-ring (bicyclic) bond motifs is 1. The summed E-state index contributed by atoms with van der Waals surface area (Å²) < 4.78 is 45.5. The SMILES string of the molecule is CCOc1ccc2nc(N(Cc3ccccc3)C(=O)/C=C/c3cccc(C(F)(F)F)c3)sc2c1. The second-order valence-corrected chi connectivity index (χ2v) is 8.43. The number of rotatable bonds is 7. The predicted octanol–water partition coefficient (Wildman–Crippen LogP) is 6.96. The number of anilines is 1. The molecule has 0 unspecified atom stereocenters. The van der Waals surface area contributed by atoms with Crippen LogP contribution in [0, 0.1) is 0 Å². The number of ether oxygens (including phenoxy) is 1. The molecule has 0 N–H and O–H groups in total. The second kappa shape index (κ2) is 10.1. The molecule has 4 nitrogen and oxygen atoms in total. The van der Waals surface area contributed by atoms with E-state index in [1.54, 1.807) is 0 Å². The highest BCUT2D eigenvalue weighted by molar-refractivity contribution is 7.22. The van der Waals surface area contributed by atoms with Gasteiger partial charge >= 0.3 is 6.18 Å². The lowest BCUT2D eigenvalue weighted by atomic mass is 10.1. The maximum Gasteiger partial charge on any atom is 0.416 e. The smallest absolute Gasteiger partial charge is 0.416 e. The van der Waals surface area contributed by atoms with Crippen LogP contribution in [0.3, 0.4) is 0 Å². The average molecular weight is 483 g/mol. The fourth-order valence-electron chi connectivity index (χ4n) is 3.35. The van der Waals surface area contributed by atoms with Crippen molar-refractivity contribution in [3.8, 4) is 5.75 Å². The molecule has 174 valence electrons. The summed E-state index contributed by atoms with van der Waals surface area (Å²) in [5, 5.41) is 0.492. The number of aromatic nitrogens is 1. The van der Waals surface area contributed by atoms with Crippen LogP contribution in [0.1, 0.15) is 23.6 Å². The van der Waals surface area contributed by atoms with Gasteiger partial charge < -0.3 is 4.74 Å². The van der Waals surface area contributed by atoms with E-state index < -0.39 is 11.7 Å². The molecule has 8 heteroatoms. The van der Waals surface area contributed by atoms with Gasteiger partial charge in [0, 0.05) is 6.08 Å². The quantitative estimate of drug-likeness (QED) is 0.268. The number of thiazole rings is 1. The molecular weight excluding hydrogens is 461 g/mol. The molecule has 1 heterocycles. The third-order valence-electron chi connectivity index (χ3n) is 4.97. The fraction of sp³-hybridized carbons (Fsp3) is 0.154. The van der Waals surface area contributed by atoms with Crippen LogP contribution in [-0.4, -0.2) is 17.5 Å². The van der Waals surface area contributed by atoms with Gasteiger partial charge in [0.1, 0.15) is 5.75 Å². The maximum atomic E-state index is 13.2. The molecule has 0 saturated carbocycles. The summed E-state index contributed by atoms with van der Waals surface area (Å²) in [6.07, 6.45) is -1.79. The van der Waals surface area contributed by atoms with Crippen molar-refractivity contribution in [3.05, 3.63) is 95.6 Å².